The number of ether oxygens (including phenoxy) is 1. The Morgan fingerprint density at radius 1 is 1.05 bits per heavy atom. The van der Waals surface area contributed by atoms with Crippen molar-refractivity contribution in [3.63, 3.8) is 0 Å². The summed E-state index contributed by atoms with van der Waals surface area (Å²) in [5, 5.41) is 4.14. The Labute approximate surface area is 254 Å². The number of amides is 1. The van der Waals surface area contributed by atoms with Gasteiger partial charge in [-0.05, 0) is 82.7 Å². The molecule has 2 atom stereocenters. The van der Waals surface area contributed by atoms with Crippen LogP contribution in [0.15, 0.2) is 30.6 Å². The van der Waals surface area contributed by atoms with E-state index in [0.29, 0.717) is 37.2 Å². The summed E-state index contributed by atoms with van der Waals surface area (Å²) in [7, 11) is -1.49. The lowest BCUT2D eigenvalue weighted by atomic mass is 9.97. The monoisotopic (exact) mass is 618 g/mol. The Hall–Kier alpha value is -2.31. The summed E-state index contributed by atoms with van der Waals surface area (Å²) < 4.78 is 31.7. The Kier molecular flexibility index (Phi) is 10.0. The van der Waals surface area contributed by atoms with Gasteiger partial charge in [-0.15, -0.1) is 0 Å². The number of nitrogens with one attached hydrogen (secondary N) is 1. The molecule has 2 aromatic rings. The van der Waals surface area contributed by atoms with E-state index in [4.69, 9.17) is 16.3 Å². The first-order chi connectivity index (χ1) is 20.1. The van der Waals surface area contributed by atoms with Crippen molar-refractivity contribution in [2.45, 2.75) is 76.2 Å². The number of likely N-dealkylation sites (tertiary alicyclic amines) is 2. The molecule has 0 bridgehead atoms. The molecule has 5 rings (SSSR count). The van der Waals surface area contributed by atoms with Gasteiger partial charge in [-0.2, -0.15) is 0 Å². The zero-order chi connectivity index (χ0) is 29.9. The van der Waals surface area contributed by atoms with Gasteiger partial charge in [0, 0.05) is 49.4 Å². The number of hydrogen-bond acceptors (Lipinski definition) is 8. The van der Waals surface area contributed by atoms with Gasteiger partial charge in [0.15, 0.2) is 0 Å². The van der Waals surface area contributed by atoms with E-state index in [2.05, 4.69) is 20.2 Å². The van der Waals surface area contributed by atoms with Crippen LogP contribution >= 0.6 is 11.6 Å². The normalized spacial score (nSPS) is 23.3. The highest BCUT2D eigenvalue weighted by Crippen LogP contribution is 2.32. The van der Waals surface area contributed by atoms with Gasteiger partial charge in [0.2, 0.25) is 10.0 Å². The number of piperidine rings is 2. The number of halogens is 1. The van der Waals surface area contributed by atoms with Gasteiger partial charge in [-0.3, -0.25) is 4.79 Å². The van der Waals surface area contributed by atoms with Gasteiger partial charge in [-0.25, -0.2) is 22.7 Å². The first-order valence-electron chi connectivity index (χ1n) is 15.0. The molecule has 1 amide bonds. The second kappa shape index (κ2) is 13.5. The number of sulfonamides is 1. The first kappa shape index (κ1) is 31.1. The molecule has 10 nitrogen and oxygen atoms in total. The molecule has 3 fully saturated rings. The highest BCUT2D eigenvalue weighted by Gasteiger charge is 2.33. The molecule has 0 aliphatic carbocycles. The third kappa shape index (κ3) is 7.42. The Morgan fingerprint density at radius 2 is 1.74 bits per heavy atom. The van der Waals surface area contributed by atoms with Crippen molar-refractivity contribution in [2.75, 3.05) is 51.3 Å². The summed E-state index contributed by atoms with van der Waals surface area (Å²) in [5.41, 5.74) is 2.34. The second-order valence-electron chi connectivity index (χ2n) is 11.9. The smallest absolute Gasteiger partial charge is 0.272 e. The van der Waals surface area contributed by atoms with Crippen molar-refractivity contribution in [1.29, 1.82) is 0 Å². The number of nitrogens with zero attached hydrogens (tertiary/aromatic N) is 5. The largest absolute Gasteiger partial charge is 0.368 e. The van der Waals surface area contributed by atoms with E-state index in [0.717, 1.165) is 74.2 Å². The fourth-order valence-electron chi connectivity index (χ4n) is 6.50. The quantitative estimate of drug-likeness (QED) is 0.471. The highest BCUT2D eigenvalue weighted by atomic mass is 35.5. The molecule has 4 heterocycles. The lowest BCUT2D eigenvalue weighted by molar-refractivity contribution is -0.0442. The van der Waals surface area contributed by atoms with Crippen LogP contribution in [0, 0.1) is 6.92 Å². The van der Waals surface area contributed by atoms with E-state index in [1.165, 1.54) is 16.9 Å². The second-order valence-corrected chi connectivity index (χ2v) is 14.4. The molecule has 42 heavy (non-hydrogen) atoms. The van der Waals surface area contributed by atoms with Gasteiger partial charge in [-0.1, -0.05) is 23.7 Å². The molecular formula is C30H43ClN6O4S. The van der Waals surface area contributed by atoms with Gasteiger partial charge in [0.25, 0.3) is 5.91 Å². The van der Waals surface area contributed by atoms with E-state index in [9.17, 15) is 13.2 Å². The molecule has 0 saturated carbocycles. The van der Waals surface area contributed by atoms with Crippen LogP contribution in [0.4, 0.5) is 5.82 Å². The molecule has 1 aromatic carbocycles. The fraction of sp³-hybridized carbons (Fsp3) is 0.633. The molecule has 1 aromatic heterocycles. The lowest BCUT2D eigenvalue weighted by Gasteiger charge is -2.43. The first-order valence-corrected chi connectivity index (χ1v) is 17.3. The van der Waals surface area contributed by atoms with Crippen molar-refractivity contribution >= 4 is 33.3 Å². The molecule has 0 spiro atoms. The molecule has 12 heteroatoms. The van der Waals surface area contributed by atoms with Gasteiger partial charge < -0.3 is 19.9 Å². The average molecular weight is 619 g/mol. The number of benzene rings is 1. The van der Waals surface area contributed by atoms with Crippen LogP contribution < -0.4 is 5.32 Å². The predicted molar refractivity (Wildman–Crippen MR) is 164 cm³/mol. The van der Waals surface area contributed by atoms with E-state index in [-0.39, 0.29) is 24.2 Å². The van der Waals surface area contributed by atoms with Crippen LogP contribution in [0.1, 0.15) is 72.7 Å². The minimum Gasteiger partial charge on any atom is -0.368 e. The van der Waals surface area contributed by atoms with Gasteiger partial charge >= 0.3 is 0 Å². The van der Waals surface area contributed by atoms with Crippen LogP contribution in [0.25, 0.3) is 0 Å². The zero-order valence-corrected chi connectivity index (χ0v) is 26.4. The molecule has 3 aliphatic rings. The van der Waals surface area contributed by atoms with Crippen LogP contribution in [0.5, 0.6) is 0 Å². The Balaban J connectivity index is 1.11. The number of anilines is 1. The maximum atomic E-state index is 13.5. The van der Waals surface area contributed by atoms with E-state index in [1.54, 1.807) is 7.05 Å². The van der Waals surface area contributed by atoms with Crippen molar-refractivity contribution < 1.29 is 17.9 Å². The molecule has 0 unspecified atom stereocenters. The van der Waals surface area contributed by atoms with E-state index < -0.39 is 10.0 Å². The third-order valence-corrected chi connectivity index (χ3v) is 10.8. The Bertz CT molecular complexity index is 1330. The standard InChI is InChI=1S/C30H43ClN6O4S/c1-21-28(30(38)37-17-13-25(14-18-37)36-15-11-24(12-16-36)35(2)42(3,39)40)33-20-34-29(21)32-19-26-5-4-6-27(41-26)22-7-9-23(31)10-8-22/h7-10,20,24-27H,4-6,11-19H2,1-3H3,(H,32,33,34)/t26-,27+/m1/s1. The van der Waals surface area contributed by atoms with Crippen molar-refractivity contribution in [3.8, 4) is 0 Å². The minimum absolute atomic E-state index is 0.0452. The molecule has 0 radical (unpaired) electrons. The summed E-state index contributed by atoms with van der Waals surface area (Å²) in [6.07, 6.45) is 9.35. The number of hydrogen-bond donors (Lipinski definition) is 1. The summed E-state index contributed by atoms with van der Waals surface area (Å²) in [5.74, 6) is 0.615. The topological polar surface area (TPSA) is 108 Å². The fourth-order valence-corrected chi connectivity index (χ4v) is 7.37. The average Bonchev–Trinajstić information content (AvgIpc) is 3.00. The molecule has 1 N–H and O–H groups in total. The lowest BCUT2D eigenvalue weighted by Crippen LogP contribution is -2.52. The summed E-state index contributed by atoms with van der Waals surface area (Å²) >= 11 is 6.05. The van der Waals surface area contributed by atoms with Crippen LogP contribution in [-0.2, 0) is 14.8 Å². The number of rotatable bonds is 8. The van der Waals surface area contributed by atoms with Crippen molar-refractivity contribution in [1.82, 2.24) is 24.1 Å². The van der Waals surface area contributed by atoms with Gasteiger partial charge in [0.1, 0.15) is 17.8 Å². The number of aromatic nitrogens is 2. The van der Waals surface area contributed by atoms with Gasteiger partial charge in [0.05, 0.1) is 18.5 Å². The molecule has 3 aliphatic heterocycles. The molecular weight excluding hydrogens is 576 g/mol. The minimum atomic E-state index is -3.17. The molecule has 3 saturated heterocycles. The molecule has 230 valence electrons. The van der Waals surface area contributed by atoms with E-state index >= 15 is 0 Å². The number of carbonyl (C=O) groups excluding carboxylic acids is 1. The SMILES string of the molecule is Cc1c(NC[C@H]2CCC[C@@H](c3ccc(Cl)cc3)O2)ncnc1C(=O)N1CCC(N2CCC(N(C)S(C)(=O)=O)CC2)CC1. The zero-order valence-electron chi connectivity index (χ0n) is 24.8. The van der Waals surface area contributed by atoms with Crippen molar-refractivity contribution in [3.05, 3.63) is 52.4 Å². The maximum Gasteiger partial charge on any atom is 0.272 e. The van der Waals surface area contributed by atoms with Crippen LogP contribution in [-0.4, -0.2) is 103 Å². The van der Waals surface area contributed by atoms with Crippen LogP contribution in [0.3, 0.4) is 0 Å². The van der Waals surface area contributed by atoms with Crippen molar-refractivity contribution in [2.24, 2.45) is 0 Å². The predicted octanol–water partition coefficient (Wildman–Crippen LogP) is 4.12. The summed E-state index contributed by atoms with van der Waals surface area (Å²) in [6.45, 7) is 5.64. The maximum absolute atomic E-state index is 13.5. The number of carbonyl (C=O) groups is 1. The summed E-state index contributed by atoms with van der Waals surface area (Å²) in [4.78, 5) is 26.7. The highest BCUT2D eigenvalue weighted by molar-refractivity contribution is 7.88. The Morgan fingerprint density at radius 3 is 2.40 bits per heavy atom. The summed E-state index contributed by atoms with van der Waals surface area (Å²) in [6, 6.07) is 8.34. The third-order valence-electron chi connectivity index (χ3n) is 9.18. The van der Waals surface area contributed by atoms with E-state index in [1.807, 2.05) is 36.1 Å². The van der Waals surface area contributed by atoms with Crippen LogP contribution in [0.2, 0.25) is 5.02 Å².